The van der Waals surface area contributed by atoms with Gasteiger partial charge in [0, 0.05) is 4.88 Å². The second-order valence-corrected chi connectivity index (χ2v) is 6.86. The maximum Gasteiger partial charge on any atom is 0.141 e. The van der Waals surface area contributed by atoms with Gasteiger partial charge in [-0.05, 0) is 49.9 Å². The number of rotatable bonds is 5. The van der Waals surface area contributed by atoms with Crippen molar-refractivity contribution in [3.05, 3.63) is 50.2 Å². The number of benzene rings is 1. The molecule has 1 aliphatic rings. The first kappa shape index (κ1) is 14.9. The van der Waals surface area contributed by atoms with Gasteiger partial charge in [0.15, 0.2) is 0 Å². The summed E-state index contributed by atoms with van der Waals surface area (Å²) < 4.78 is 13.4. The molecule has 0 bridgehead atoms. The zero-order valence-electron chi connectivity index (χ0n) is 12.0. The first-order valence-corrected chi connectivity index (χ1v) is 8.55. The topological polar surface area (TPSA) is 24.9 Å². The number of thiazole rings is 1. The van der Waals surface area contributed by atoms with Crippen molar-refractivity contribution in [3.63, 3.8) is 0 Å². The molecule has 1 N–H and O–H groups in total. The van der Waals surface area contributed by atoms with Crippen molar-refractivity contribution in [2.45, 2.75) is 38.6 Å². The molecule has 0 aliphatic heterocycles. The second-order valence-electron chi connectivity index (χ2n) is 5.34. The molecule has 0 saturated carbocycles. The van der Waals surface area contributed by atoms with Crippen LogP contribution >= 0.6 is 22.9 Å². The molecule has 1 atom stereocenters. The second kappa shape index (κ2) is 6.42. The zero-order valence-corrected chi connectivity index (χ0v) is 13.5. The number of hydrogen-bond acceptors (Lipinski definition) is 3. The SMILES string of the molecule is CCCNC(c1ccc(F)c(Cl)c1)c1nc2c(s1)CCC2. The first-order valence-electron chi connectivity index (χ1n) is 7.36. The lowest BCUT2D eigenvalue weighted by molar-refractivity contribution is 0.589. The van der Waals surface area contributed by atoms with Crippen LogP contribution in [0.3, 0.4) is 0 Å². The minimum Gasteiger partial charge on any atom is -0.304 e. The van der Waals surface area contributed by atoms with Crippen molar-refractivity contribution >= 4 is 22.9 Å². The molecule has 112 valence electrons. The molecule has 1 aliphatic carbocycles. The number of fused-ring (bicyclic) bond motifs is 1. The summed E-state index contributed by atoms with van der Waals surface area (Å²) >= 11 is 7.71. The zero-order chi connectivity index (χ0) is 14.8. The number of aryl methyl sites for hydroxylation is 2. The Morgan fingerprint density at radius 2 is 2.29 bits per heavy atom. The lowest BCUT2D eigenvalue weighted by atomic mass is 10.1. The molecule has 1 aromatic carbocycles. The summed E-state index contributed by atoms with van der Waals surface area (Å²) in [7, 11) is 0. The van der Waals surface area contributed by atoms with E-state index < -0.39 is 0 Å². The molecule has 2 aromatic rings. The molecule has 1 unspecified atom stereocenters. The Morgan fingerprint density at radius 1 is 1.43 bits per heavy atom. The lowest BCUT2D eigenvalue weighted by Gasteiger charge is -2.17. The third-order valence-corrected chi connectivity index (χ3v) is 5.25. The fourth-order valence-electron chi connectivity index (χ4n) is 2.66. The predicted octanol–water partition coefficient (Wildman–Crippen LogP) is 4.51. The smallest absolute Gasteiger partial charge is 0.141 e. The summed E-state index contributed by atoms with van der Waals surface area (Å²) in [6.45, 7) is 3.02. The van der Waals surface area contributed by atoms with Crippen LogP contribution in [-0.2, 0) is 12.8 Å². The Morgan fingerprint density at radius 3 is 3.00 bits per heavy atom. The van der Waals surface area contributed by atoms with E-state index in [1.807, 2.05) is 0 Å². The lowest BCUT2D eigenvalue weighted by Crippen LogP contribution is -2.23. The van der Waals surface area contributed by atoms with Gasteiger partial charge in [0.2, 0.25) is 0 Å². The van der Waals surface area contributed by atoms with E-state index in [0.29, 0.717) is 0 Å². The quantitative estimate of drug-likeness (QED) is 0.875. The van der Waals surface area contributed by atoms with Crippen molar-refractivity contribution in [2.24, 2.45) is 0 Å². The van der Waals surface area contributed by atoms with Crippen LogP contribution in [0, 0.1) is 5.82 Å². The van der Waals surface area contributed by atoms with Crippen LogP contribution < -0.4 is 5.32 Å². The number of nitrogens with zero attached hydrogens (tertiary/aromatic N) is 1. The molecule has 0 radical (unpaired) electrons. The normalized spacial score (nSPS) is 15.2. The van der Waals surface area contributed by atoms with E-state index in [4.69, 9.17) is 16.6 Å². The van der Waals surface area contributed by atoms with Crippen LogP contribution in [0.2, 0.25) is 5.02 Å². The Kier molecular flexibility index (Phi) is 4.57. The molecule has 0 amide bonds. The van der Waals surface area contributed by atoms with Crippen molar-refractivity contribution in [3.8, 4) is 0 Å². The Hall–Kier alpha value is -0.970. The maximum absolute atomic E-state index is 13.4. The van der Waals surface area contributed by atoms with Gasteiger partial charge in [-0.15, -0.1) is 11.3 Å². The van der Waals surface area contributed by atoms with E-state index in [-0.39, 0.29) is 16.9 Å². The van der Waals surface area contributed by atoms with Gasteiger partial charge in [-0.2, -0.15) is 0 Å². The van der Waals surface area contributed by atoms with Crippen LogP contribution in [-0.4, -0.2) is 11.5 Å². The number of nitrogens with one attached hydrogen (secondary N) is 1. The Bertz CT molecular complexity index is 620. The minimum atomic E-state index is -0.378. The van der Waals surface area contributed by atoms with E-state index in [9.17, 15) is 4.39 Å². The monoisotopic (exact) mass is 324 g/mol. The summed E-state index contributed by atoms with van der Waals surface area (Å²) in [6, 6.07) is 4.93. The van der Waals surface area contributed by atoms with E-state index in [1.54, 1.807) is 23.5 Å². The van der Waals surface area contributed by atoms with Gasteiger partial charge in [0.1, 0.15) is 10.8 Å². The van der Waals surface area contributed by atoms with E-state index in [1.165, 1.54) is 23.1 Å². The van der Waals surface area contributed by atoms with Crippen LogP contribution in [0.15, 0.2) is 18.2 Å². The number of aromatic nitrogens is 1. The molecule has 1 aromatic heterocycles. The molecule has 5 heteroatoms. The van der Waals surface area contributed by atoms with Crippen molar-refractivity contribution in [1.82, 2.24) is 10.3 Å². The fourth-order valence-corrected chi connectivity index (χ4v) is 4.11. The summed E-state index contributed by atoms with van der Waals surface area (Å²) in [6.07, 6.45) is 4.47. The molecular formula is C16H18ClFN2S. The summed E-state index contributed by atoms with van der Waals surface area (Å²) in [5.74, 6) is -0.378. The van der Waals surface area contributed by atoms with Crippen molar-refractivity contribution < 1.29 is 4.39 Å². The number of hydrogen-bond donors (Lipinski definition) is 1. The minimum absolute atomic E-state index is 0.00125. The largest absolute Gasteiger partial charge is 0.304 e. The highest BCUT2D eigenvalue weighted by Gasteiger charge is 2.23. The third-order valence-electron chi connectivity index (χ3n) is 3.73. The molecule has 2 nitrogen and oxygen atoms in total. The number of halogens is 2. The molecule has 1 heterocycles. The Labute approximate surface area is 133 Å². The van der Waals surface area contributed by atoms with E-state index >= 15 is 0 Å². The molecule has 0 spiro atoms. The van der Waals surface area contributed by atoms with Gasteiger partial charge in [0.05, 0.1) is 16.8 Å². The van der Waals surface area contributed by atoms with Gasteiger partial charge in [0.25, 0.3) is 0 Å². The van der Waals surface area contributed by atoms with Gasteiger partial charge in [-0.3, -0.25) is 0 Å². The van der Waals surface area contributed by atoms with Crippen LogP contribution in [0.4, 0.5) is 4.39 Å². The molecular weight excluding hydrogens is 307 g/mol. The summed E-state index contributed by atoms with van der Waals surface area (Å²) in [5.41, 5.74) is 2.22. The first-order chi connectivity index (χ1) is 10.2. The van der Waals surface area contributed by atoms with Crippen molar-refractivity contribution in [2.75, 3.05) is 6.54 Å². The average Bonchev–Trinajstić information content (AvgIpc) is 3.04. The maximum atomic E-state index is 13.4. The molecule has 3 rings (SSSR count). The van der Waals surface area contributed by atoms with Crippen LogP contribution in [0.25, 0.3) is 0 Å². The highest BCUT2D eigenvalue weighted by molar-refractivity contribution is 7.11. The van der Waals surface area contributed by atoms with Gasteiger partial charge >= 0.3 is 0 Å². The van der Waals surface area contributed by atoms with Gasteiger partial charge in [-0.25, -0.2) is 9.37 Å². The fraction of sp³-hybridized carbons (Fsp3) is 0.438. The van der Waals surface area contributed by atoms with Crippen molar-refractivity contribution in [1.29, 1.82) is 0 Å². The van der Waals surface area contributed by atoms with Gasteiger partial charge < -0.3 is 5.32 Å². The summed E-state index contributed by atoms with van der Waals surface area (Å²) in [4.78, 5) is 6.20. The molecule has 0 saturated heterocycles. The third kappa shape index (κ3) is 3.12. The van der Waals surface area contributed by atoms with Crippen LogP contribution in [0.1, 0.15) is 46.9 Å². The summed E-state index contributed by atoms with van der Waals surface area (Å²) in [5, 5.41) is 4.74. The highest BCUT2D eigenvalue weighted by atomic mass is 35.5. The standard InChI is InChI=1S/C16H18ClFN2S/c1-2-8-19-15(10-6-7-12(18)11(17)9-10)16-20-13-4-3-5-14(13)21-16/h6-7,9,15,19H,2-5,8H2,1H3. The highest BCUT2D eigenvalue weighted by Crippen LogP contribution is 2.34. The predicted molar refractivity (Wildman–Crippen MR) is 85.7 cm³/mol. The van der Waals surface area contributed by atoms with Gasteiger partial charge in [-0.1, -0.05) is 24.6 Å². The molecule has 21 heavy (non-hydrogen) atoms. The average molecular weight is 325 g/mol. The van der Waals surface area contributed by atoms with Crippen LogP contribution in [0.5, 0.6) is 0 Å². The van der Waals surface area contributed by atoms with E-state index in [0.717, 1.165) is 36.4 Å². The molecule has 0 fully saturated rings. The van der Waals surface area contributed by atoms with E-state index in [2.05, 4.69) is 12.2 Å². The Balaban J connectivity index is 1.94.